The lowest BCUT2D eigenvalue weighted by Crippen LogP contribution is -2.87. The number of carbonyl (C=O) groups is 1. The summed E-state index contributed by atoms with van der Waals surface area (Å²) in [4.78, 5) is 17.1. The Balaban J connectivity index is 1.20. The van der Waals surface area contributed by atoms with Crippen LogP contribution in [-0.2, 0) is 6.42 Å². The summed E-state index contributed by atoms with van der Waals surface area (Å²) in [5, 5.41) is 3.22. The summed E-state index contributed by atoms with van der Waals surface area (Å²) in [5.74, 6) is -2.87. The monoisotopic (exact) mass is 427 g/mol. The van der Waals surface area contributed by atoms with Crippen molar-refractivity contribution >= 4 is 6.03 Å². The Morgan fingerprint density at radius 2 is 1.68 bits per heavy atom. The minimum Gasteiger partial charge on any atom is -0.332 e. The maximum absolute atomic E-state index is 13.5. The van der Waals surface area contributed by atoms with Gasteiger partial charge in [-0.15, -0.1) is 0 Å². The van der Waals surface area contributed by atoms with Crippen LogP contribution < -0.4 is 5.32 Å². The van der Waals surface area contributed by atoms with Crippen molar-refractivity contribution in [2.45, 2.75) is 48.7 Å². The summed E-state index contributed by atoms with van der Waals surface area (Å²) >= 11 is 0. The molecule has 0 spiro atoms. The van der Waals surface area contributed by atoms with Gasteiger partial charge in [0.2, 0.25) is 0 Å². The van der Waals surface area contributed by atoms with Crippen molar-refractivity contribution < 1.29 is 18.0 Å². The molecule has 7 rings (SSSR count). The van der Waals surface area contributed by atoms with Gasteiger partial charge in [-0.1, -0.05) is 36.4 Å². The molecule has 162 valence electrons. The third kappa shape index (κ3) is 2.89. The zero-order valence-electron chi connectivity index (χ0n) is 17.1. The summed E-state index contributed by atoms with van der Waals surface area (Å²) in [6.07, 6.45) is 3.00. The molecule has 2 aromatic rings. The number of nitrogens with zero attached hydrogens (tertiary/aromatic N) is 2. The lowest BCUT2D eigenvalue weighted by molar-refractivity contribution is -0.257. The Morgan fingerprint density at radius 1 is 1.00 bits per heavy atom. The van der Waals surface area contributed by atoms with Crippen molar-refractivity contribution in [2.75, 3.05) is 19.6 Å². The van der Waals surface area contributed by atoms with Crippen molar-refractivity contribution in [3.63, 3.8) is 0 Å². The number of benzene rings is 2. The molecule has 1 atom stereocenters. The third-order valence-electron chi connectivity index (χ3n) is 7.62. The molecule has 4 nitrogen and oxygen atoms in total. The van der Waals surface area contributed by atoms with Gasteiger partial charge in [-0.3, -0.25) is 4.90 Å². The second-order valence-corrected chi connectivity index (χ2v) is 9.77. The van der Waals surface area contributed by atoms with E-state index in [-0.39, 0.29) is 42.1 Å². The Bertz CT molecular complexity index is 1030. The average Bonchev–Trinajstić information content (AvgIpc) is 2.67. The summed E-state index contributed by atoms with van der Waals surface area (Å²) in [5.41, 5.74) is 2.73. The van der Waals surface area contributed by atoms with E-state index in [0.717, 1.165) is 36.8 Å². The second-order valence-electron chi connectivity index (χ2n) is 9.77. The second kappa shape index (κ2) is 6.25. The van der Waals surface area contributed by atoms with E-state index in [1.54, 1.807) is 12.1 Å². The van der Waals surface area contributed by atoms with Crippen LogP contribution in [0.1, 0.15) is 42.0 Å². The number of rotatable bonds is 3. The molecular weight excluding hydrogens is 403 g/mol. The molecule has 7 heteroatoms. The third-order valence-corrected chi connectivity index (χ3v) is 7.62. The summed E-state index contributed by atoms with van der Waals surface area (Å²) < 4.78 is 40.0. The van der Waals surface area contributed by atoms with Crippen LogP contribution in [-0.4, -0.2) is 52.5 Å². The zero-order valence-corrected chi connectivity index (χ0v) is 17.1. The minimum atomic E-state index is -2.56. The Hall–Kier alpha value is -2.54. The average molecular weight is 427 g/mol. The molecule has 2 amide bonds. The fourth-order valence-electron chi connectivity index (χ4n) is 6.14. The SMILES string of the molecule is O=C(NC12CC(N3CC(F)(F)C3)(C1)C2)N1CCc2ccccc2C1c1ccc(F)cc1. The number of likely N-dealkylation sites (tertiary alicyclic amines) is 1. The molecule has 3 aliphatic carbocycles. The van der Waals surface area contributed by atoms with Crippen LogP contribution in [0.2, 0.25) is 0 Å². The first-order valence-corrected chi connectivity index (χ1v) is 10.8. The summed E-state index contributed by atoms with van der Waals surface area (Å²) in [6, 6.07) is 14.0. The van der Waals surface area contributed by atoms with E-state index < -0.39 is 5.92 Å². The van der Waals surface area contributed by atoms with Gasteiger partial charge < -0.3 is 10.2 Å². The van der Waals surface area contributed by atoms with Gasteiger partial charge >= 0.3 is 6.03 Å². The number of fused-ring (bicyclic) bond motifs is 1. The molecule has 0 aromatic heterocycles. The minimum absolute atomic E-state index is 0.133. The van der Waals surface area contributed by atoms with Gasteiger partial charge in [0.05, 0.1) is 19.1 Å². The van der Waals surface area contributed by atoms with Crippen LogP contribution in [0, 0.1) is 5.82 Å². The number of alkyl halides is 2. The number of urea groups is 1. The first kappa shape index (κ1) is 19.2. The maximum atomic E-state index is 13.5. The highest BCUT2D eigenvalue weighted by Crippen LogP contribution is 2.65. The molecule has 0 radical (unpaired) electrons. The summed E-state index contributed by atoms with van der Waals surface area (Å²) in [6.45, 7) is 0.254. The standard InChI is InChI=1S/C24H24F3N3O/c25-18-7-5-17(6-8-18)20-19-4-2-1-3-16(19)9-10-30(20)21(31)28-22-11-23(12-22,13-22)29-14-24(26,27)15-29/h1-8,20H,9-15H2,(H,28,31). The van der Waals surface area contributed by atoms with Gasteiger partial charge in [-0.2, -0.15) is 0 Å². The van der Waals surface area contributed by atoms with Crippen LogP contribution in [0.4, 0.5) is 18.0 Å². The van der Waals surface area contributed by atoms with Crippen LogP contribution in [0.5, 0.6) is 0 Å². The highest BCUT2D eigenvalue weighted by Gasteiger charge is 2.73. The lowest BCUT2D eigenvalue weighted by atomic mass is 9.43. The molecule has 2 aromatic carbocycles. The molecule has 2 bridgehead atoms. The smallest absolute Gasteiger partial charge is 0.318 e. The fraction of sp³-hybridized carbons (Fsp3) is 0.458. The number of nitrogens with one attached hydrogen (secondary N) is 1. The fourth-order valence-corrected chi connectivity index (χ4v) is 6.14. The molecule has 31 heavy (non-hydrogen) atoms. The molecular formula is C24H24F3N3O. The van der Waals surface area contributed by atoms with Crippen molar-refractivity contribution in [1.82, 2.24) is 15.1 Å². The van der Waals surface area contributed by atoms with Crippen LogP contribution in [0.25, 0.3) is 0 Å². The Labute approximate surface area is 179 Å². The van der Waals surface area contributed by atoms with Gasteiger partial charge in [-0.25, -0.2) is 18.0 Å². The largest absolute Gasteiger partial charge is 0.332 e. The molecule has 2 aliphatic heterocycles. The van der Waals surface area contributed by atoms with E-state index >= 15 is 0 Å². The first-order valence-electron chi connectivity index (χ1n) is 10.8. The number of amides is 2. The molecule has 2 heterocycles. The Kier molecular flexibility index (Phi) is 3.86. The molecule has 5 aliphatic rings. The lowest BCUT2D eigenvalue weighted by Gasteiger charge is -2.75. The van der Waals surface area contributed by atoms with E-state index in [0.29, 0.717) is 6.54 Å². The predicted octanol–water partition coefficient (Wildman–Crippen LogP) is 4.11. The van der Waals surface area contributed by atoms with Crippen molar-refractivity contribution in [3.8, 4) is 0 Å². The van der Waals surface area contributed by atoms with Crippen LogP contribution in [0.3, 0.4) is 0 Å². The first-order chi connectivity index (χ1) is 14.8. The van der Waals surface area contributed by atoms with Gasteiger partial charge in [0.1, 0.15) is 5.82 Å². The Morgan fingerprint density at radius 3 is 2.35 bits per heavy atom. The van der Waals surface area contributed by atoms with E-state index in [1.165, 1.54) is 17.7 Å². The van der Waals surface area contributed by atoms with Crippen molar-refractivity contribution in [2.24, 2.45) is 0 Å². The van der Waals surface area contributed by atoms with Gasteiger partial charge in [0, 0.05) is 17.6 Å². The maximum Gasteiger partial charge on any atom is 0.318 e. The number of hydrogen-bond donors (Lipinski definition) is 1. The quantitative estimate of drug-likeness (QED) is 0.800. The zero-order chi connectivity index (χ0) is 21.4. The van der Waals surface area contributed by atoms with Gasteiger partial charge in [0.15, 0.2) is 0 Å². The topological polar surface area (TPSA) is 35.6 Å². The normalized spacial score (nSPS) is 32.9. The molecule has 1 unspecified atom stereocenters. The molecule has 3 saturated carbocycles. The van der Waals surface area contributed by atoms with Gasteiger partial charge in [0.25, 0.3) is 5.92 Å². The summed E-state index contributed by atoms with van der Waals surface area (Å²) in [7, 11) is 0. The van der Waals surface area contributed by atoms with E-state index in [1.807, 2.05) is 28.0 Å². The highest BCUT2D eigenvalue weighted by atomic mass is 19.3. The molecule has 4 fully saturated rings. The van der Waals surface area contributed by atoms with Gasteiger partial charge in [-0.05, 0) is 54.5 Å². The van der Waals surface area contributed by atoms with Crippen LogP contribution >= 0.6 is 0 Å². The molecule has 1 N–H and O–H groups in total. The predicted molar refractivity (Wildman–Crippen MR) is 109 cm³/mol. The molecule has 1 saturated heterocycles. The number of carbonyl (C=O) groups excluding carboxylic acids is 1. The number of halogens is 3. The number of hydrogen-bond acceptors (Lipinski definition) is 2. The van der Waals surface area contributed by atoms with Crippen LogP contribution in [0.15, 0.2) is 48.5 Å². The van der Waals surface area contributed by atoms with E-state index in [2.05, 4.69) is 11.4 Å². The highest BCUT2D eigenvalue weighted by molar-refractivity contribution is 5.78. The van der Waals surface area contributed by atoms with E-state index in [9.17, 15) is 18.0 Å². The van der Waals surface area contributed by atoms with Crippen molar-refractivity contribution in [3.05, 3.63) is 71.0 Å². The van der Waals surface area contributed by atoms with E-state index in [4.69, 9.17) is 0 Å². The van der Waals surface area contributed by atoms with Crippen molar-refractivity contribution in [1.29, 1.82) is 0 Å².